The summed E-state index contributed by atoms with van der Waals surface area (Å²) in [7, 11) is 2.07. The Morgan fingerprint density at radius 2 is 2.00 bits per heavy atom. The molecule has 2 rings (SSSR count). The zero-order valence-electron chi connectivity index (χ0n) is 9.29. The number of amides is 1. The molecule has 15 heavy (non-hydrogen) atoms. The minimum absolute atomic E-state index is 0.124. The lowest BCUT2D eigenvalue weighted by Crippen LogP contribution is -2.28. The second-order valence-corrected chi connectivity index (χ2v) is 4.42. The molecule has 3 heteroatoms. The molecule has 0 saturated heterocycles. The lowest BCUT2D eigenvalue weighted by Gasteiger charge is -2.14. The van der Waals surface area contributed by atoms with Crippen molar-refractivity contribution in [3.8, 4) is 0 Å². The average Bonchev–Trinajstić information content (AvgIpc) is 3.01. The van der Waals surface area contributed by atoms with Crippen molar-refractivity contribution in [1.82, 2.24) is 5.32 Å². The smallest absolute Gasteiger partial charge is 0.223 e. The molecule has 1 aromatic rings. The fourth-order valence-electron chi connectivity index (χ4n) is 1.62. The van der Waals surface area contributed by atoms with Gasteiger partial charge in [-0.1, -0.05) is 29.7 Å². The first kappa shape index (κ1) is 10.3. The van der Waals surface area contributed by atoms with E-state index in [1.807, 2.05) is 6.92 Å². The van der Waals surface area contributed by atoms with Crippen LogP contribution in [0.5, 0.6) is 0 Å². The van der Waals surface area contributed by atoms with Gasteiger partial charge in [-0.15, -0.1) is 0 Å². The molecule has 1 N–H and O–H groups in total. The quantitative estimate of drug-likeness (QED) is 0.710. The highest BCUT2D eigenvalue weighted by molar-refractivity contribution is 6.32. The van der Waals surface area contributed by atoms with Crippen LogP contribution in [0.1, 0.15) is 31.4 Å². The number of rotatable bonds is 3. The number of carbonyl (C=O) groups excluding carboxylic acids is 1. The first-order valence-corrected chi connectivity index (χ1v) is 5.54. The number of benzene rings is 1. The Kier molecular flexibility index (Phi) is 2.80. The van der Waals surface area contributed by atoms with Gasteiger partial charge in [0.05, 0.1) is 6.04 Å². The summed E-state index contributed by atoms with van der Waals surface area (Å²) in [4.78, 5) is 11.5. The predicted octanol–water partition coefficient (Wildman–Crippen LogP) is 0.532. The standard InChI is InChI=1S/C12H16BNO/c1-8(14-12(15)10-2-3-10)9-4-6-11(13)7-5-9/h4-8,10H,2-3,13H2,1H3,(H,14,15)/t8-/m0/s1. The molecule has 2 nitrogen and oxygen atoms in total. The monoisotopic (exact) mass is 201 g/mol. The Labute approximate surface area is 91.5 Å². The molecule has 1 amide bonds. The Balaban J connectivity index is 1.97. The topological polar surface area (TPSA) is 29.1 Å². The van der Waals surface area contributed by atoms with Crippen LogP contribution in [0.4, 0.5) is 0 Å². The van der Waals surface area contributed by atoms with E-state index in [1.54, 1.807) is 0 Å². The summed E-state index contributed by atoms with van der Waals surface area (Å²) < 4.78 is 0. The van der Waals surface area contributed by atoms with E-state index < -0.39 is 0 Å². The van der Waals surface area contributed by atoms with Crippen LogP contribution in [0.2, 0.25) is 0 Å². The van der Waals surface area contributed by atoms with Gasteiger partial charge in [-0.05, 0) is 25.3 Å². The molecule has 0 aromatic heterocycles. The van der Waals surface area contributed by atoms with Crippen LogP contribution in [-0.4, -0.2) is 13.8 Å². The summed E-state index contributed by atoms with van der Waals surface area (Å²) >= 11 is 0. The molecule has 1 fully saturated rings. The second kappa shape index (κ2) is 4.09. The SMILES string of the molecule is Bc1ccc([C@H](C)NC(=O)C2CC2)cc1. The second-order valence-electron chi connectivity index (χ2n) is 4.42. The number of nitrogens with one attached hydrogen (secondary N) is 1. The van der Waals surface area contributed by atoms with E-state index in [9.17, 15) is 4.79 Å². The normalized spacial score (nSPS) is 17.1. The minimum atomic E-state index is 0.124. The lowest BCUT2D eigenvalue weighted by molar-refractivity contribution is -0.122. The van der Waals surface area contributed by atoms with Gasteiger partial charge in [0, 0.05) is 5.92 Å². The van der Waals surface area contributed by atoms with E-state index in [2.05, 4.69) is 37.4 Å². The average molecular weight is 201 g/mol. The van der Waals surface area contributed by atoms with Crippen molar-refractivity contribution in [2.75, 3.05) is 0 Å². The van der Waals surface area contributed by atoms with Gasteiger partial charge >= 0.3 is 0 Å². The Morgan fingerprint density at radius 1 is 1.40 bits per heavy atom. The van der Waals surface area contributed by atoms with E-state index >= 15 is 0 Å². The molecule has 1 aliphatic carbocycles. The van der Waals surface area contributed by atoms with Gasteiger partial charge in [-0.3, -0.25) is 4.79 Å². The molecular formula is C12H16BNO. The molecule has 1 atom stereocenters. The van der Waals surface area contributed by atoms with Crippen molar-refractivity contribution in [2.45, 2.75) is 25.8 Å². The minimum Gasteiger partial charge on any atom is -0.349 e. The van der Waals surface area contributed by atoms with Crippen LogP contribution in [0.15, 0.2) is 24.3 Å². The Hall–Kier alpha value is -1.25. The van der Waals surface area contributed by atoms with Crippen LogP contribution < -0.4 is 10.8 Å². The largest absolute Gasteiger partial charge is 0.349 e. The summed E-state index contributed by atoms with van der Waals surface area (Å²) in [6.07, 6.45) is 2.12. The first-order valence-electron chi connectivity index (χ1n) is 5.54. The van der Waals surface area contributed by atoms with Crippen molar-refractivity contribution >= 4 is 19.2 Å². The fraction of sp³-hybridized carbons (Fsp3) is 0.417. The van der Waals surface area contributed by atoms with Gasteiger partial charge in [0.15, 0.2) is 0 Å². The van der Waals surface area contributed by atoms with Crippen molar-refractivity contribution < 1.29 is 4.79 Å². The summed E-state index contributed by atoms with van der Waals surface area (Å²) in [6.45, 7) is 2.03. The van der Waals surface area contributed by atoms with Crippen LogP contribution >= 0.6 is 0 Å². The molecule has 78 valence electrons. The number of carbonyl (C=O) groups is 1. The first-order chi connectivity index (χ1) is 7.16. The van der Waals surface area contributed by atoms with E-state index in [0.29, 0.717) is 0 Å². The molecule has 1 saturated carbocycles. The number of hydrogen-bond donors (Lipinski definition) is 1. The van der Waals surface area contributed by atoms with Crippen LogP contribution in [0.25, 0.3) is 0 Å². The molecule has 0 aliphatic heterocycles. The predicted molar refractivity (Wildman–Crippen MR) is 63.9 cm³/mol. The van der Waals surface area contributed by atoms with Crippen molar-refractivity contribution in [1.29, 1.82) is 0 Å². The maximum atomic E-state index is 11.5. The van der Waals surface area contributed by atoms with Crippen LogP contribution in [-0.2, 0) is 4.79 Å². The van der Waals surface area contributed by atoms with Gasteiger partial charge < -0.3 is 5.32 Å². The van der Waals surface area contributed by atoms with E-state index in [0.717, 1.165) is 12.8 Å². The Bertz CT molecular complexity index is 356. The van der Waals surface area contributed by atoms with Crippen LogP contribution in [0.3, 0.4) is 0 Å². The third kappa shape index (κ3) is 2.61. The highest BCUT2D eigenvalue weighted by Crippen LogP contribution is 2.29. The van der Waals surface area contributed by atoms with E-state index in [1.165, 1.54) is 11.0 Å². The molecule has 0 heterocycles. The fourth-order valence-corrected chi connectivity index (χ4v) is 1.62. The maximum absolute atomic E-state index is 11.5. The lowest BCUT2D eigenvalue weighted by atomic mass is 9.94. The molecule has 0 unspecified atom stereocenters. The van der Waals surface area contributed by atoms with Gasteiger partial charge in [-0.25, -0.2) is 0 Å². The molecule has 1 aromatic carbocycles. The van der Waals surface area contributed by atoms with E-state index in [-0.39, 0.29) is 17.9 Å². The van der Waals surface area contributed by atoms with Gasteiger partial charge in [0.1, 0.15) is 7.85 Å². The zero-order valence-corrected chi connectivity index (χ0v) is 9.29. The maximum Gasteiger partial charge on any atom is 0.223 e. The highest BCUT2D eigenvalue weighted by atomic mass is 16.2. The van der Waals surface area contributed by atoms with E-state index in [4.69, 9.17) is 0 Å². The summed E-state index contributed by atoms with van der Waals surface area (Å²) in [5, 5.41) is 3.04. The third-order valence-electron chi connectivity index (χ3n) is 2.88. The molecule has 0 bridgehead atoms. The van der Waals surface area contributed by atoms with Crippen molar-refractivity contribution in [3.63, 3.8) is 0 Å². The van der Waals surface area contributed by atoms with Gasteiger partial charge in [0.2, 0.25) is 5.91 Å². The molecule has 0 spiro atoms. The highest BCUT2D eigenvalue weighted by Gasteiger charge is 2.30. The van der Waals surface area contributed by atoms with Gasteiger partial charge in [-0.2, -0.15) is 0 Å². The molecular weight excluding hydrogens is 185 g/mol. The zero-order chi connectivity index (χ0) is 10.8. The summed E-state index contributed by atoms with van der Waals surface area (Å²) in [5.74, 6) is 0.501. The van der Waals surface area contributed by atoms with Gasteiger partial charge in [0.25, 0.3) is 0 Å². The van der Waals surface area contributed by atoms with Crippen molar-refractivity contribution in [3.05, 3.63) is 29.8 Å². The molecule has 0 radical (unpaired) electrons. The van der Waals surface area contributed by atoms with Crippen molar-refractivity contribution in [2.24, 2.45) is 5.92 Å². The van der Waals surface area contributed by atoms with Crippen LogP contribution in [0, 0.1) is 5.92 Å². The molecule has 1 aliphatic rings. The Morgan fingerprint density at radius 3 is 2.53 bits per heavy atom. The summed E-state index contributed by atoms with van der Waals surface area (Å²) in [6, 6.07) is 8.43. The summed E-state index contributed by atoms with van der Waals surface area (Å²) in [5.41, 5.74) is 2.43. The third-order valence-corrected chi connectivity index (χ3v) is 2.88. The number of hydrogen-bond acceptors (Lipinski definition) is 1.